The Morgan fingerprint density at radius 1 is 1.42 bits per heavy atom. The minimum absolute atomic E-state index is 0.357. The van der Waals surface area contributed by atoms with Crippen molar-refractivity contribution in [1.29, 1.82) is 0 Å². The topological polar surface area (TPSA) is 55.1 Å². The van der Waals surface area contributed by atoms with E-state index in [0.717, 1.165) is 23.4 Å². The Hall–Kier alpha value is -1.84. The van der Waals surface area contributed by atoms with Crippen molar-refractivity contribution in [3.63, 3.8) is 0 Å². The molecule has 2 aromatic rings. The molecule has 19 heavy (non-hydrogen) atoms. The number of hydrogen-bond donors (Lipinski definition) is 1. The van der Waals surface area contributed by atoms with Crippen molar-refractivity contribution in [2.24, 2.45) is 5.92 Å². The molecule has 0 amide bonds. The number of fused-ring (bicyclic) bond motifs is 1. The van der Waals surface area contributed by atoms with E-state index in [9.17, 15) is 9.90 Å². The lowest BCUT2D eigenvalue weighted by Gasteiger charge is -2.13. The Morgan fingerprint density at radius 3 is 2.84 bits per heavy atom. The molecule has 4 heteroatoms. The lowest BCUT2D eigenvalue weighted by atomic mass is 10.1. The molecule has 1 fully saturated rings. The number of para-hydroxylation sites is 1. The van der Waals surface area contributed by atoms with Gasteiger partial charge in [-0.15, -0.1) is 0 Å². The van der Waals surface area contributed by atoms with Gasteiger partial charge in [-0.3, -0.25) is 0 Å². The Labute approximate surface area is 112 Å². The molecular weight excluding hydrogens is 240 g/mol. The zero-order chi connectivity index (χ0) is 13.4. The summed E-state index contributed by atoms with van der Waals surface area (Å²) < 4.78 is 2.09. The van der Waals surface area contributed by atoms with Crippen LogP contribution in [0.25, 0.3) is 11.0 Å². The van der Waals surface area contributed by atoms with Gasteiger partial charge in [0.1, 0.15) is 5.82 Å². The van der Waals surface area contributed by atoms with E-state index >= 15 is 0 Å². The van der Waals surface area contributed by atoms with E-state index < -0.39 is 5.97 Å². The number of rotatable bonds is 3. The van der Waals surface area contributed by atoms with Gasteiger partial charge in [0.05, 0.1) is 16.6 Å². The van der Waals surface area contributed by atoms with Gasteiger partial charge in [-0.2, -0.15) is 0 Å². The van der Waals surface area contributed by atoms with E-state index in [1.807, 2.05) is 13.0 Å². The molecule has 4 nitrogen and oxygen atoms in total. The average Bonchev–Trinajstić information content (AvgIpc) is 2.98. The summed E-state index contributed by atoms with van der Waals surface area (Å²) in [5.74, 6) is 0.701. The SMILES string of the molecule is Cc1nc2cccc(C(=O)O)c2n1CC1CCCC1. The summed E-state index contributed by atoms with van der Waals surface area (Å²) in [6.45, 7) is 2.85. The van der Waals surface area contributed by atoms with Gasteiger partial charge >= 0.3 is 5.97 Å². The molecule has 0 radical (unpaired) electrons. The zero-order valence-electron chi connectivity index (χ0n) is 11.1. The molecule has 3 rings (SSSR count). The monoisotopic (exact) mass is 258 g/mol. The lowest BCUT2D eigenvalue weighted by molar-refractivity contribution is 0.0698. The second-order valence-electron chi connectivity index (χ2n) is 5.40. The number of imidazole rings is 1. The summed E-state index contributed by atoms with van der Waals surface area (Å²) in [7, 11) is 0. The number of carboxylic acids is 1. The van der Waals surface area contributed by atoms with E-state index in [4.69, 9.17) is 0 Å². The van der Waals surface area contributed by atoms with E-state index in [-0.39, 0.29) is 0 Å². The van der Waals surface area contributed by atoms with Gasteiger partial charge in [0.15, 0.2) is 0 Å². The molecule has 1 aromatic carbocycles. The average molecular weight is 258 g/mol. The standard InChI is InChI=1S/C15H18N2O2/c1-10-16-13-8-4-7-12(15(18)19)14(13)17(10)9-11-5-2-3-6-11/h4,7-8,11H,2-3,5-6,9H2,1H3,(H,18,19). The van der Waals surface area contributed by atoms with Crippen LogP contribution in [0.1, 0.15) is 41.9 Å². The van der Waals surface area contributed by atoms with Gasteiger partial charge in [-0.05, 0) is 37.8 Å². The second-order valence-corrected chi connectivity index (χ2v) is 5.40. The van der Waals surface area contributed by atoms with Crippen molar-refractivity contribution in [2.75, 3.05) is 0 Å². The molecule has 1 saturated carbocycles. The van der Waals surface area contributed by atoms with Gasteiger partial charge in [0.2, 0.25) is 0 Å². The third-order valence-corrected chi connectivity index (χ3v) is 4.10. The summed E-state index contributed by atoms with van der Waals surface area (Å²) in [4.78, 5) is 15.9. The maximum absolute atomic E-state index is 11.4. The summed E-state index contributed by atoms with van der Waals surface area (Å²) in [5.41, 5.74) is 1.92. The predicted octanol–water partition coefficient (Wildman–Crippen LogP) is 3.23. The Kier molecular flexibility index (Phi) is 3.01. The van der Waals surface area contributed by atoms with Gasteiger partial charge < -0.3 is 9.67 Å². The molecule has 0 saturated heterocycles. The highest BCUT2D eigenvalue weighted by Gasteiger charge is 2.20. The minimum Gasteiger partial charge on any atom is -0.478 e. The molecule has 1 aliphatic rings. The largest absolute Gasteiger partial charge is 0.478 e. The van der Waals surface area contributed by atoms with Crippen LogP contribution in [0.4, 0.5) is 0 Å². The van der Waals surface area contributed by atoms with Crippen molar-refractivity contribution in [3.05, 3.63) is 29.6 Å². The number of hydrogen-bond acceptors (Lipinski definition) is 2. The Balaban J connectivity index is 2.10. The third-order valence-electron chi connectivity index (χ3n) is 4.10. The van der Waals surface area contributed by atoms with Crippen LogP contribution in [-0.2, 0) is 6.54 Å². The molecule has 0 unspecified atom stereocenters. The molecule has 0 aliphatic heterocycles. The highest BCUT2D eigenvalue weighted by molar-refractivity contribution is 6.01. The van der Waals surface area contributed by atoms with Crippen LogP contribution in [0.15, 0.2) is 18.2 Å². The van der Waals surface area contributed by atoms with Crippen LogP contribution >= 0.6 is 0 Å². The smallest absolute Gasteiger partial charge is 0.337 e. The molecule has 0 bridgehead atoms. The van der Waals surface area contributed by atoms with E-state index in [1.165, 1.54) is 25.7 Å². The fourth-order valence-electron chi connectivity index (χ4n) is 3.15. The van der Waals surface area contributed by atoms with Crippen LogP contribution in [0.3, 0.4) is 0 Å². The summed E-state index contributed by atoms with van der Waals surface area (Å²) >= 11 is 0. The maximum Gasteiger partial charge on any atom is 0.337 e. The number of carboxylic acid groups (broad SMARTS) is 1. The van der Waals surface area contributed by atoms with Crippen molar-refractivity contribution >= 4 is 17.0 Å². The molecule has 0 spiro atoms. The van der Waals surface area contributed by atoms with E-state index in [2.05, 4.69) is 9.55 Å². The molecule has 1 N–H and O–H groups in total. The van der Waals surface area contributed by atoms with E-state index in [0.29, 0.717) is 11.5 Å². The highest BCUT2D eigenvalue weighted by atomic mass is 16.4. The second kappa shape index (κ2) is 4.68. The maximum atomic E-state index is 11.4. The fraction of sp³-hybridized carbons (Fsp3) is 0.467. The lowest BCUT2D eigenvalue weighted by Crippen LogP contribution is -2.11. The number of aromatic carboxylic acids is 1. The van der Waals surface area contributed by atoms with Crippen LogP contribution in [0.2, 0.25) is 0 Å². The van der Waals surface area contributed by atoms with Gasteiger partial charge in [0, 0.05) is 6.54 Å². The first kappa shape index (κ1) is 12.2. The van der Waals surface area contributed by atoms with E-state index in [1.54, 1.807) is 12.1 Å². The summed E-state index contributed by atoms with van der Waals surface area (Å²) in [6, 6.07) is 5.31. The molecule has 0 atom stereocenters. The number of aromatic nitrogens is 2. The molecule has 100 valence electrons. The Morgan fingerprint density at radius 2 is 2.16 bits per heavy atom. The van der Waals surface area contributed by atoms with Gasteiger partial charge in [0.25, 0.3) is 0 Å². The molecular formula is C15H18N2O2. The normalized spacial score (nSPS) is 16.3. The third kappa shape index (κ3) is 2.11. The number of aryl methyl sites for hydroxylation is 1. The van der Waals surface area contributed by atoms with Crippen LogP contribution < -0.4 is 0 Å². The first-order valence-electron chi connectivity index (χ1n) is 6.86. The summed E-state index contributed by atoms with van der Waals surface area (Å²) in [6.07, 6.45) is 5.08. The molecule has 1 aromatic heterocycles. The molecule has 1 heterocycles. The number of benzene rings is 1. The number of carbonyl (C=O) groups is 1. The number of nitrogens with zero attached hydrogens (tertiary/aromatic N) is 2. The first-order chi connectivity index (χ1) is 9.16. The van der Waals surface area contributed by atoms with Gasteiger partial charge in [-0.1, -0.05) is 18.9 Å². The Bertz CT molecular complexity index is 624. The first-order valence-corrected chi connectivity index (χ1v) is 6.86. The van der Waals surface area contributed by atoms with Crippen molar-refractivity contribution in [2.45, 2.75) is 39.2 Å². The van der Waals surface area contributed by atoms with Crippen LogP contribution in [-0.4, -0.2) is 20.6 Å². The fourth-order valence-corrected chi connectivity index (χ4v) is 3.15. The highest BCUT2D eigenvalue weighted by Crippen LogP contribution is 2.29. The van der Waals surface area contributed by atoms with Gasteiger partial charge in [-0.25, -0.2) is 9.78 Å². The van der Waals surface area contributed by atoms with Crippen molar-refractivity contribution in [1.82, 2.24) is 9.55 Å². The molecule has 1 aliphatic carbocycles. The minimum atomic E-state index is -0.877. The van der Waals surface area contributed by atoms with Crippen LogP contribution in [0.5, 0.6) is 0 Å². The predicted molar refractivity (Wildman–Crippen MR) is 73.4 cm³/mol. The van der Waals surface area contributed by atoms with Crippen LogP contribution in [0, 0.1) is 12.8 Å². The van der Waals surface area contributed by atoms with Crippen molar-refractivity contribution < 1.29 is 9.90 Å². The zero-order valence-corrected chi connectivity index (χ0v) is 11.1. The van der Waals surface area contributed by atoms with Crippen molar-refractivity contribution in [3.8, 4) is 0 Å². The summed E-state index contributed by atoms with van der Waals surface area (Å²) in [5, 5.41) is 9.34. The quantitative estimate of drug-likeness (QED) is 0.919.